The number of fused-ring (bicyclic) bond motifs is 1. The molecule has 0 amide bonds. The zero-order valence-electron chi connectivity index (χ0n) is 9.73. The van der Waals surface area contributed by atoms with Gasteiger partial charge in [-0.15, -0.1) is 11.3 Å². The lowest BCUT2D eigenvalue weighted by molar-refractivity contribution is 0.134. The SMILES string of the molecule is OC(Cc1ccc(Cl)s1)c1ccc2c(c1)COC2. The molecule has 0 aliphatic carbocycles. The first-order chi connectivity index (χ1) is 8.72. The van der Waals surface area contributed by atoms with Crippen molar-refractivity contribution in [3.05, 3.63) is 56.2 Å². The predicted octanol–water partition coefficient (Wildman–Crippen LogP) is 3.71. The summed E-state index contributed by atoms with van der Waals surface area (Å²) in [4.78, 5) is 1.10. The van der Waals surface area contributed by atoms with Gasteiger partial charge < -0.3 is 9.84 Å². The highest BCUT2D eigenvalue weighted by molar-refractivity contribution is 7.16. The molecule has 94 valence electrons. The molecule has 1 atom stereocenters. The van der Waals surface area contributed by atoms with Gasteiger partial charge in [-0.05, 0) is 28.8 Å². The predicted molar refractivity (Wildman–Crippen MR) is 72.9 cm³/mol. The van der Waals surface area contributed by atoms with Gasteiger partial charge in [-0.1, -0.05) is 29.8 Å². The Kier molecular flexibility index (Phi) is 3.39. The zero-order chi connectivity index (χ0) is 12.5. The fourth-order valence-corrected chi connectivity index (χ4v) is 3.29. The number of ether oxygens (including phenoxy) is 1. The first-order valence-corrected chi connectivity index (χ1v) is 7.03. The first-order valence-electron chi connectivity index (χ1n) is 5.84. The average Bonchev–Trinajstić information content (AvgIpc) is 2.96. The third-order valence-electron chi connectivity index (χ3n) is 3.15. The summed E-state index contributed by atoms with van der Waals surface area (Å²) in [5.74, 6) is 0. The summed E-state index contributed by atoms with van der Waals surface area (Å²) in [6, 6.07) is 9.90. The second-order valence-corrected chi connectivity index (χ2v) is 6.25. The summed E-state index contributed by atoms with van der Waals surface area (Å²) in [6.45, 7) is 1.34. The van der Waals surface area contributed by atoms with E-state index < -0.39 is 6.10 Å². The van der Waals surface area contributed by atoms with Gasteiger partial charge >= 0.3 is 0 Å². The van der Waals surface area contributed by atoms with Crippen LogP contribution in [0.4, 0.5) is 0 Å². The van der Waals surface area contributed by atoms with Gasteiger partial charge in [0.1, 0.15) is 0 Å². The van der Waals surface area contributed by atoms with Crippen LogP contribution in [-0.4, -0.2) is 5.11 Å². The Morgan fingerprint density at radius 2 is 2.06 bits per heavy atom. The van der Waals surface area contributed by atoms with E-state index in [0.717, 1.165) is 14.8 Å². The molecule has 1 aliphatic rings. The van der Waals surface area contributed by atoms with Crippen molar-refractivity contribution < 1.29 is 9.84 Å². The number of aliphatic hydroxyl groups is 1. The minimum absolute atomic E-state index is 0.481. The van der Waals surface area contributed by atoms with Gasteiger partial charge in [0.15, 0.2) is 0 Å². The van der Waals surface area contributed by atoms with Crippen LogP contribution < -0.4 is 0 Å². The van der Waals surface area contributed by atoms with Crippen molar-refractivity contribution in [3.8, 4) is 0 Å². The van der Waals surface area contributed by atoms with Crippen LogP contribution in [0.25, 0.3) is 0 Å². The van der Waals surface area contributed by atoms with E-state index in [4.69, 9.17) is 16.3 Å². The van der Waals surface area contributed by atoms with Crippen molar-refractivity contribution >= 4 is 22.9 Å². The maximum atomic E-state index is 10.2. The Bertz CT molecular complexity index is 565. The third kappa shape index (κ3) is 2.45. The molecule has 0 radical (unpaired) electrons. The molecule has 0 fully saturated rings. The molecule has 18 heavy (non-hydrogen) atoms. The van der Waals surface area contributed by atoms with E-state index in [1.807, 2.05) is 30.3 Å². The number of rotatable bonds is 3. The summed E-state index contributed by atoms with van der Waals surface area (Å²) in [7, 11) is 0. The van der Waals surface area contributed by atoms with Crippen molar-refractivity contribution in [2.75, 3.05) is 0 Å². The number of hydrogen-bond acceptors (Lipinski definition) is 3. The molecular formula is C14H13ClO2S. The maximum Gasteiger partial charge on any atom is 0.0931 e. The second kappa shape index (κ2) is 5.02. The van der Waals surface area contributed by atoms with Crippen molar-refractivity contribution in [2.24, 2.45) is 0 Å². The van der Waals surface area contributed by atoms with Crippen molar-refractivity contribution in [3.63, 3.8) is 0 Å². The fraction of sp³-hybridized carbons (Fsp3) is 0.286. The van der Waals surface area contributed by atoms with Crippen molar-refractivity contribution in [1.82, 2.24) is 0 Å². The maximum absolute atomic E-state index is 10.2. The molecule has 1 aromatic heterocycles. The molecular weight excluding hydrogens is 268 g/mol. The van der Waals surface area contributed by atoms with Gasteiger partial charge in [-0.25, -0.2) is 0 Å². The standard InChI is InChI=1S/C14H13ClO2S/c15-14-4-3-12(18-14)6-13(16)9-1-2-10-7-17-8-11(10)5-9/h1-5,13,16H,6-8H2. The normalized spacial score (nSPS) is 15.7. The average molecular weight is 281 g/mol. The highest BCUT2D eigenvalue weighted by Gasteiger charge is 2.15. The van der Waals surface area contributed by atoms with Crippen LogP contribution in [0, 0.1) is 0 Å². The Hall–Kier alpha value is -0.870. The molecule has 1 aromatic carbocycles. The van der Waals surface area contributed by atoms with Crippen molar-refractivity contribution in [1.29, 1.82) is 0 Å². The van der Waals surface area contributed by atoms with Crippen LogP contribution in [0.2, 0.25) is 4.34 Å². The summed E-state index contributed by atoms with van der Waals surface area (Å²) in [6.07, 6.45) is 0.127. The van der Waals surface area contributed by atoms with E-state index in [9.17, 15) is 5.11 Å². The zero-order valence-corrected chi connectivity index (χ0v) is 11.3. The number of hydrogen-bond donors (Lipinski definition) is 1. The molecule has 2 aromatic rings. The summed E-state index contributed by atoms with van der Waals surface area (Å²) in [5, 5.41) is 10.2. The number of benzene rings is 1. The highest BCUT2D eigenvalue weighted by Crippen LogP contribution is 2.29. The lowest BCUT2D eigenvalue weighted by Crippen LogP contribution is -2.01. The van der Waals surface area contributed by atoms with Gasteiger partial charge in [-0.2, -0.15) is 0 Å². The van der Waals surface area contributed by atoms with E-state index in [1.165, 1.54) is 22.5 Å². The molecule has 2 nitrogen and oxygen atoms in total. The van der Waals surface area contributed by atoms with Crippen LogP contribution in [-0.2, 0) is 24.4 Å². The third-order valence-corrected chi connectivity index (χ3v) is 4.41. The minimum atomic E-state index is -0.481. The molecule has 1 N–H and O–H groups in total. The molecule has 0 bridgehead atoms. The molecule has 2 heterocycles. The minimum Gasteiger partial charge on any atom is -0.388 e. The van der Waals surface area contributed by atoms with E-state index in [1.54, 1.807) is 0 Å². The molecule has 1 unspecified atom stereocenters. The topological polar surface area (TPSA) is 29.5 Å². The Morgan fingerprint density at radius 3 is 2.83 bits per heavy atom. The van der Waals surface area contributed by atoms with E-state index in [0.29, 0.717) is 19.6 Å². The molecule has 4 heteroatoms. The molecule has 0 spiro atoms. The lowest BCUT2D eigenvalue weighted by Gasteiger charge is -2.11. The van der Waals surface area contributed by atoms with E-state index in [-0.39, 0.29) is 0 Å². The quantitative estimate of drug-likeness (QED) is 0.929. The highest BCUT2D eigenvalue weighted by atomic mass is 35.5. The number of halogens is 1. The number of thiophene rings is 1. The molecule has 1 aliphatic heterocycles. The van der Waals surface area contributed by atoms with Gasteiger partial charge in [0.2, 0.25) is 0 Å². The van der Waals surface area contributed by atoms with Crippen molar-refractivity contribution in [2.45, 2.75) is 25.7 Å². The molecule has 0 saturated carbocycles. The largest absolute Gasteiger partial charge is 0.388 e. The monoisotopic (exact) mass is 280 g/mol. The Labute approximate surface area is 115 Å². The van der Waals surface area contributed by atoms with Crippen LogP contribution in [0.1, 0.15) is 27.7 Å². The fourth-order valence-electron chi connectivity index (χ4n) is 2.17. The lowest BCUT2D eigenvalue weighted by atomic mass is 10.0. The van der Waals surface area contributed by atoms with Crippen LogP contribution in [0.15, 0.2) is 30.3 Å². The van der Waals surface area contributed by atoms with Gasteiger partial charge in [0.05, 0.1) is 23.7 Å². The Balaban J connectivity index is 1.78. The van der Waals surface area contributed by atoms with E-state index >= 15 is 0 Å². The van der Waals surface area contributed by atoms with Gasteiger partial charge in [0.25, 0.3) is 0 Å². The summed E-state index contributed by atoms with van der Waals surface area (Å²) in [5.41, 5.74) is 3.37. The van der Waals surface area contributed by atoms with Crippen LogP contribution in [0.5, 0.6) is 0 Å². The van der Waals surface area contributed by atoms with E-state index in [2.05, 4.69) is 0 Å². The summed E-state index contributed by atoms with van der Waals surface area (Å²) < 4.78 is 6.14. The summed E-state index contributed by atoms with van der Waals surface area (Å²) >= 11 is 7.40. The second-order valence-electron chi connectivity index (χ2n) is 4.45. The Morgan fingerprint density at radius 1 is 1.22 bits per heavy atom. The van der Waals surface area contributed by atoms with Crippen LogP contribution >= 0.6 is 22.9 Å². The molecule has 3 rings (SSSR count). The van der Waals surface area contributed by atoms with Gasteiger partial charge in [-0.3, -0.25) is 0 Å². The van der Waals surface area contributed by atoms with Gasteiger partial charge in [0, 0.05) is 11.3 Å². The molecule has 0 saturated heterocycles. The van der Waals surface area contributed by atoms with Crippen LogP contribution in [0.3, 0.4) is 0 Å². The number of aliphatic hydroxyl groups excluding tert-OH is 1. The first kappa shape index (κ1) is 12.2. The smallest absolute Gasteiger partial charge is 0.0931 e.